The van der Waals surface area contributed by atoms with Gasteiger partial charge in [-0.15, -0.1) is 0 Å². The van der Waals surface area contributed by atoms with Crippen LogP contribution in [0.4, 0.5) is 13.2 Å². The number of aryl methyl sites for hydroxylation is 1. The molecule has 0 nitrogen and oxygen atoms in total. The average molecular weight is 288 g/mol. The van der Waals surface area contributed by atoms with Crippen molar-refractivity contribution in [3.05, 3.63) is 59.7 Å². The summed E-state index contributed by atoms with van der Waals surface area (Å²) in [6, 6.07) is 13.8. The second-order valence-corrected chi connectivity index (χ2v) is 5.30. The molecule has 21 heavy (non-hydrogen) atoms. The summed E-state index contributed by atoms with van der Waals surface area (Å²) in [6.45, 7) is 2.13. The SMILES string of the molecule is CCCc1ccc2c(ccc3cc(C(F)(F)F)ccc32)c1. The maximum atomic E-state index is 12.8. The second kappa shape index (κ2) is 5.06. The van der Waals surface area contributed by atoms with Gasteiger partial charge >= 0.3 is 6.18 Å². The lowest BCUT2D eigenvalue weighted by molar-refractivity contribution is -0.137. The molecule has 0 unspecified atom stereocenters. The number of halogens is 3. The van der Waals surface area contributed by atoms with Crippen LogP contribution >= 0.6 is 0 Å². The van der Waals surface area contributed by atoms with Crippen molar-refractivity contribution in [3.8, 4) is 0 Å². The Kier molecular flexibility index (Phi) is 3.36. The van der Waals surface area contributed by atoms with Gasteiger partial charge in [0.15, 0.2) is 0 Å². The number of rotatable bonds is 2. The molecule has 0 radical (unpaired) electrons. The Morgan fingerprint density at radius 1 is 0.810 bits per heavy atom. The highest BCUT2D eigenvalue weighted by Gasteiger charge is 2.30. The van der Waals surface area contributed by atoms with E-state index in [4.69, 9.17) is 0 Å². The van der Waals surface area contributed by atoms with Crippen LogP contribution in [-0.4, -0.2) is 0 Å². The van der Waals surface area contributed by atoms with Crippen molar-refractivity contribution < 1.29 is 13.2 Å². The molecule has 0 amide bonds. The van der Waals surface area contributed by atoms with Gasteiger partial charge in [0.05, 0.1) is 5.56 Å². The monoisotopic (exact) mass is 288 g/mol. The molecule has 0 heterocycles. The summed E-state index contributed by atoms with van der Waals surface area (Å²) >= 11 is 0. The van der Waals surface area contributed by atoms with Gasteiger partial charge in [0.25, 0.3) is 0 Å². The molecule has 3 rings (SSSR count). The van der Waals surface area contributed by atoms with Crippen molar-refractivity contribution in [2.45, 2.75) is 25.9 Å². The van der Waals surface area contributed by atoms with E-state index < -0.39 is 11.7 Å². The highest BCUT2D eigenvalue weighted by Crippen LogP contribution is 2.33. The van der Waals surface area contributed by atoms with Crippen LogP contribution in [0.3, 0.4) is 0 Å². The maximum Gasteiger partial charge on any atom is 0.416 e. The third kappa shape index (κ3) is 2.60. The number of fused-ring (bicyclic) bond motifs is 3. The standard InChI is InChI=1S/C18H15F3/c1-2-3-12-4-8-16-13(10-12)5-6-14-11-15(18(19,20)21)7-9-17(14)16/h4-11H,2-3H2,1H3. The van der Waals surface area contributed by atoms with E-state index in [-0.39, 0.29) is 0 Å². The molecule has 0 aliphatic carbocycles. The lowest BCUT2D eigenvalue weighted by atomic mass is 9.97. The third-order valence-corrected chi connectivity index (χ3v) is 3.77. The van der Waals surface area contributed by atoms with Crippen LogP contribution in [0.5, 0.6) is 0 Å². The molecule has 0 atom stereocenters. The molecule has 0 saturated carbocycles. The Labute approximate surface area is 121 Å². The van der Waals surface area contributed by atoms with Crippen LogP contribution in [0, 0.1) is 0 Å². The minimum Gasteiger partial charge on any atom is -0.166 e. The number of hydrogen-bond donors (Lipinski definition) is 0. The quantitative estimate of drug-likeness (QED) is 0.510. The van der Waals surface area contributed by atoms with E-state index >= 15 is 0 Å². The molecule has 0 aromatic heterocycles. The summed E-state index contributed by atoms with van der Waals surface area (Å²) in [4.78, 5) is 0. The molecule has 0 aliphatic heterocycles. The summed E-state index contributed by atoms with van der Waals surface area (Å²) in [7, 11) is 0. The second-order valence-electron chi connectivity index (χ2n) is 5.30. The van der Waals surface area contributed by atoms with E-state index in [1.807, 2.05) is 12.1 Å². The van der Waals surface area contributed by atoms with Gasteiger partial charge in [0, 0.05) is 0 Å². The van der Waals surface area contributed by atoms with Crippen LogP contribution in [0.25, 0.3) is 21.5 Å². The summed E-state index contributed by atoms with van der Waals surface area (Å²) in [5, 5.41) is 3.57. The molecule has 0 saturated heterocycles. The predicted molar refractivity (Wildman–Crippen MR) is 80.5 cm³/mol. The maximum absolute atomic E-state index is 12.8. The Morgan fingerprint density at radius 2 is 1.43 bits per heavy atom. The van der Waals surface area contributed by atoms with Gasteiger partial charge in [0.2, 0.25) is 0 Å². The first-order chi connectivity index (χ1) is 9.99. The van der Waals surface area contributed by atoms with E-state index in [9.17, 15) is 13.2 Å². The van der Waals surface area contributed by atoms with Gasteiger partial charge < -0.3 is 0 Å². The minimum atomic E-state index is -4.30. The zero-order chi connectivity index (χ0) is 15.0. The zero-order valence-electron chi connectivity index (χ0n) is 11.7. The molecule has 0 fully saturated rings. The zero-order valence-corrected chi connectivity index (χ0v) is 11.7. The van der Waals surface area contributed by atoms with Crippen molar-refractivity contribution in [3.63, 3.8) is 0 Å². The molecular weight excluding hydrogens is 273 g/mol. The molecule has 0 aliphatic rings. The molecule has 0 bridgehead atoms. The number of hydrogen-bond acceptors (Lipinski definition) is 0. The van der Waals surface area contributed by atoms with Crippen LogP contribution in [0.1, 0.15) is 24.5 Å². The van der Waals surface area contributed by atoms with Gasteiger partial charge in [-0.3, -0.25) is 0 Å². The number of benzene rings is 3. The fourth-order valence-electron chi connectivity index (χ4n) is 2.74. The largest absolute Gasteiger partial charge is 0.416 e. The summed E-state index contributed by atoms with van der Waals surface area (Å²) in [5.74, 6) is 0. The van der Waals surface area contributed by atoms with Crippen molar-refractivity contribution >= 4 is 21.5 Å². The topological polar surface area (TPSA) is 0 Å². The molecule has 3 aromatic rings. The summed E-state index contributed by atoms with van der Waals surface area (Å²) in [5.41, 5.74) is 0.660. The van der Waals surface area contributed by atoms with Gasteiger partial charge in [-0.25, -0.2) is 0 Å². The summed E-state index contributed by atoms with van der Waals surface area (Å²) < 4.78 is 38.3. The Balaban J connectivity index is 2.20. The first kappa shape index (κ1) is 13.9. The predicted octanol–water partition coefficient (Wildman–Crippen LogP) is 5.96. The molecular formula is C18H15F3. The van der Waals surface area contributed by atoms with E-state index in [2.05, 4.69) is 19.1 Å². The third-order valence-electron chi connectivity index (χ3n) is 3.77. The van der Waals surface area contributed by atoms with Crippen molar-refractivity contribution in [1.82, 2.24) is 0 Å². The fraction of sp³-hybridized carbons (Fsp3) is 0.222. The lowest BCUT2D eigenvalue weighted by Crippen LogP contribution is -2.04. The Morgan fingerprint density at radius 3 is 2.05 bits per heavy atom. The molecule has 3 aromatic carbocycles. The van der Waals surface area contributed by atoms with Crippen LogP contribution in [0.15, 0.2) is 48.5 Å². The summed E-state index contributed by atoms with van der Waals surface area (Å²) in [6.07, 6.45) is -2.21. The minimum absolute atomic E-state index is 0.600. The van der Waals surface area contributed by atoms with Crippen molar-refractivity contribution in [2.75, 3.05) is 0 Å². The van der Waals surface area contributed by atoms with Gasteiger partial charge in [-0.1, -0.05) is 49.7 Å². The van der Waals surface area contributed by atoms with E-state index in [1.165, 1.54) is 11.6 Å². The highest BCUT2D eigenvalue weighted by atomic mass is 19.4. The Hall–Kier alpha value is -2.03. The normalized spacial score (nSPS) is 12.2. The highest BCUT2D eigenvalue weighted by molar-refractivity contribution is 6.07. The van der Waals surface area contributed by atoms with Crippen LogP contribution in [0.2, 0.25) is 0 Å². The van der Waals surface area contributed by atoms with Crippen LogP contribution < -0.4 is 0 Å². The van der Waals surface area contributed by atoms with E-state index in [1.54, 1.807) is 12.1 Å². The lowest BCUT2D eigenvalue weighted by Gasteiger charge is -2.10. The first-order valence-corrected chi connectivity index (χ1v) is 7.01. The van der Waals surface area contributed by atoms with Gasteiger partial charge in [0.1, 0.15) is 0 Å². The van der Waals surface area contributed by atoms with Crippen molar-refractivity contribution in [1.29, 1.82) is 0 Å². The van der Waals surface area contributed by atoms with E-state index in [0.717, 1.165) is 35.1 Å². The molecule has 108 valence electrons. The van der Waals surface area contributed by atoms with Gasteiger partial charge in [-0.2, -0.15) is 13.2 Å². The van der Waals surface area contributed by atoms with Crippen LogP contribution in [-0.2, 0) is 12.6 Å². The Bertz CT molecular complexity index is 801. The number of alkyl halides is 3. The molecule has 0 spiro atoms. The van der Waals surface area contributed by atoms with Gasteiger partial charge in [-0.05, 0) is 45.7 Å². The average Bonchev–Trinajstić information content (AvgIpc) is 2.45. The smallest absolute Gasteiger partial charge is 0.166 e. The van der Waals surface area contributed by atoms with E-state index in [0.29, 0.717) is 5.39 Å². The first-order valence-electron chi connectivity index (χ1n) is 7.01. The molecule has 3 heteroatoms. The fourth-order valence-corrected chi connectivity index (χ4v) is 2.74. The van der Waals surface area contributed by atoms with Crippen molar-refractivity contribution in [2.24, 2.45) is 0 Å². The molecule has 0 N–H and O–H groups in total.